The molecule has 0 bridgehead atoms. The van der Waals surface area contributed by atoms with E-state index in [9.17, 15) is 4.79 Å². The topological polar surface area (TPSA) is 26.3 Å². The van der Waals surface area contributed by atoms with Crippen LogP contribution in [0, 0.1) is 6.92 Å². The molecule has 0 saturated carbocycles. The lowest BCUT2D eigenvalue weighted by molar-refractivity contribution is 0.101. The van der Waals surface area contributed by atoms with E-state index in [0.29, 0.717) is 22.9 Å². The second kappa shape index (κ2) is 5.89. The zero-order valence-corrected chi connectivity index (χ0v) is 11.7. The van der Waals surface area contributed by atoms with Gasteiger partial charge >= 0.3 is 0 Å². The maximum atomic E-state index is 11.5. The molecule has 0 radical (unpaired) electrons. The van der Waals surface area contributed by atoms with E-state index >= 15 is 0 Å². The van der Waals surface area contributed by atoms with E-state index in [1.807, 2.05) is 43.3 Å². The van der Waals surface area contributed by atoms with Gasteiger partial charge < -0.3 is 4.74 Å². The van der Waals surface area contributed by atoms with E-state index in [2.05, 4.69) is 0 Å². The summed E-state index contributed by atoms with van der Waals surface area (Å²) in [5.74, 6) is 0.599. The molecule has 0 unspecified atom stereocenters. The first-order valence-corrected chi connectivity index (χ1v) is 6.43. The number of aryl methyl sites for hydroxylation is 1. The molecule has 0 heterocycles. The standard InChI is InChI=1S/C16H15ClO2/c1-11-7-8-14(12(2)18)16(9-11)19-10-13-5-3-4-6-15(13)17/h3-9H,10H2,1-2H3. The van der Waals surface area contributed by atoms with Gasteiger partial charge in [0.25, 0.3) is 0 Å². The number of hydrogen-bond acceptors (Lipinski definition) is 2. The Morgan fingerprint density at radius 1 is 1.21 bits per heavy atom. The minimum absolute atomic E-state index is 0.00541. The maximum Gasteiger partial charge on any atom is 0.163 e. The molecule has 19 heavy (non-hydrogen) atoms. The summed E-state index contributed by atoms with van der Waals surface area (Å²) in [6.07, 6.45) is 0. The molecule has 2 nitrogen and oxygen atoms in total. The molecule has 0 aliphatic carbocycles. The molecule has 2 rings (SSSR count). The second-order valence-corrected chi connectivity index (χ2v) is 4.84. The van der Waals surface area contributed by atoms with Crippen LogP contribution >= 0.6 is 11.6 Å². The number of carbonyl (C=O) groups is 1. The van der Waals surface area contributed by atoms with Crippen molar-refractivity contribution in [2.75, 3.05) is 0 Å². The number of benzene rings is 2. The van der Waals surface area contributed by atoms with Gasteiger partial charge in [0, 0.05) is 10.6 Å². The third-order valence-electron chi connectivity index (χ3n) is 2.86. The second-order valence-electron chi connectivity index (χ2n) is 4.44. The number of ether oxygens (including phenoxy) is 1. The minimum atomic E-state index is -0.00541. The van der Waals surface area contributed by atoms with E-state index in [0.717, 1.165) is 11.1 Å². The summed E-state index contributed by atoms with van der Waals surface area (Å²) >= 11 is 6.08. The maximum absolute atomic E-state index is 11.5. The van der Waals surface area contributed by atoms with Crippen molar-refractivity contribution in [2.45, 2.75) is 20.5 Å². The Morgan fingerprint density at radius 3 is 2.63 bits per heavy atom. The first-order valence-electron chi connectivity index (χ1n) is 6.05. The third-order valence-corrected chi connectivity index (χ3v) is 3.23. The molecule has 2 aromatic carbocycles. The predicted octanol–water partition coefficient (Wildman–Crippen LogP) is 4.43. The van der Waals surface area contributed by atoms with E-state index in [-0.39, 0.29) is 5.78 Å². The number of Topliss-reactive ketones (excluding diaryl/α,β-unsaturated/α-hetero) is 1. The zero-order chi connectivity index (χ0) is 13.8. The van der Waals surface area contributed by atoms with Crippen molar-refractivity contribution in [1.82, 2.24) is 0 Å². The van der Waals surface area contributed by atoms with Crippen molar-refractivity contribution >= 4 is 17.4 Å². The van der Waals surface area contributed by atoms with Crippen molar-refractivity contribution in [2.24, 2.45) is 0 Å². The van der Waals surface area contributed by atoms with Crippen molar-refractivity contribution in [1.29, 1.82) is 0 Å². The summed E-state index contributed by atoms with van der Waals surface area (Å²) < 4.78 is 5.74. The molecular weight excluding hydrogens is 260 g/mol. The first kappa shape index (κ1) is 13.6. The number of ketones is 1. The van der Waals surface area contributed by atoms with Gasteiger partial charge in [-0.2, -0.15) is 0 Å². The fourth-order valence-electron chi connectivity index (χ4n) is 1.81. The number of halogens is 1. The van der Waals surface area contributed by atoms with Crippen LogP contribution in [-0.2, 0) is 6.61 Å². The molecule has 0 amide bonds. The van der Waals surface area contributed by atoms with Crippen LogP contribution in [0.4, 0.5) is 0 Å². The largest absolute Gasteiger partial charge is 0.488 e. The first-order chi connectivity index (χ1) is 9.08. The van der Waals surface area contributed by atoms with Crippen LogP contribution in [0.3, 0.4) is 0 Å². The lowest BCUT2D eigenvalue weighted by atomic mass is 10.1. The van der Waals surface area contributed by atoms with Gasteiger partial charge in [-0.1, -0.05) is 35.9 Å². The normalized spacial score (nSPS) is 10.3. The molecule has 0 spiro atoms. The Balaban J connectivity index is 2.22. The molecule has 0 aliphatic heterocycles. The Bertz CT molecular complexity index is 605. The monoisotopic (exact) mass is 274 g/mol. The van der Waals surface area contributed by atoms with Crippen LogP contribution in [0.5, 0.6) is 5.75 Å². The average molecular weight is 275 g/mol. The van der Waals surface area contributed by atoms with Crippen LogP contribution in [0.25, 0.3) is 0 Å². The molecule has 0 aliphatic rings. The molecule has 2 aromatic rings. The molecule has 0 N–H and O–H groups in total. The van der Waals surface area contributed by atoms with E-state index in [1.165, 1.54) is 6.92 Å². The van der Waals surface area contributed by atoms with Gasteiger partial charge in [0.05, 0.1) is 5.56 Å². The summed E-state index contributed by atoms with van der Waals surface area (Å²) in [6.45, 7) is 3.85. The molecular formula is C16H15ClO2. The van der Waals surface area contributed by atoms with Gasteiger partial charge in [0.2, 0.25) is 0 Å². The minimum Gasteiger partial charge on any atom is -0.488 e. The lowest BCUT2D eigenvalue weighted by Crippen LogP contribution is -2.02. The molecule has 3 heteroatoms. The van der Waals surface area contributed by atoms with Crippen molar-refractivity contribution in [3.05, 3.63) is 64.2 Å². The highest BCUT2D eigenvalue weighted by molar-refractivity contribution is 6.31. The zero-order valence-electron chi connectivity index (χ0n) is 10.9. The van der Waals surface area contributed by atoms with Crippen LogP contribution in [0.15, 0.2) is 42.5 Å². The molecule has 98 valence electrons. The molecule has 0 fully saturated rings. The summed E-state index contributed by atoms with van der Waals surface area (Å²) in [5.41, 5.74) is 2.55. The number of carbonyl (C=O) groups excluding carboxylic acids is 1. The van der Waals surface area contributed by atoms with Crippen LogP contribution in [-0.4, -0.2) is 5.78 Å². The van der Waals surface area contributed by atoms with E-state index in [4.69, 9.17) is 16.3 Å². The molecule has 0 aromatic heterocycles. The van der Waals surface area contributed by atoms with Gasteiger partial charge in [0.1, 0.15) is 12.4 Å². The summed E-state index contributed by atoms with van der Waals surface area (Å²) in [5, 5.41) is 0.666. The summed E-state index contributed by atoms with van der Waals surface area (Å²) in [4.78, 5) is 11.5. The van der Waals surface area contributed by atoms with Gasteiger partial charge in [0.15, 0.2) is 5.78 Å². The van der Waals surface area contributed by atoms with Gasteiger partial charge in [-0.15, -0.1) is 0 Å². The predicted molar refractivity (Wildman–Crippen MR) is 77.0 cm³/mol. The fourth-order valence-corrected chi connectivity index (χ4v) is 2.00. The highest BCUT2D eigenvalue weighted by Crippen LogP contribution is 2.23. The summed E-state index contributed by atoms with van der Waals surface area (Å²) in [7, 11) is 0. The highest BCUT2D eigenvalue weighted by Gasteiger charge is 2.09. The van der Waals surface area contributed by atoms with Gasteiger partial charge in [-0.25, -0.2) is 0 Å². The molecule has 0 atom stereocenters. The number of rotatable bonds is 4. The molecule has 0 saturated heterocycles. The van der Waals surface area contributed by atoms with Crippen molar-refractivity contribution < 1.29 is 9.53 Å². The van der Waals surface area contributed by atoms with Crippen LogP contribution < -0.4 is 4.74 Å². The smallest absolute Gasteiger partial charge is 0.163 e. The Kier molecular flexibility index (Phi) is 4.23. The van der Waals surface area contributed by atoms with Crippen molar-refractivity contribution in [3.8, 4) is 5.75 Å². The highest BCUT2D eigenvalue weighted by atomic mass is 35.5. The van der Waals surface area contributed by atoms with E-state index < -0.39 is 0 Å². The van der Waals surface area contributed by atoms with E-state index in [1.54, 1.807) is 6.07 Å². The summed E-state index contributed by atoms with van der Waals surface area (Å²) in [6, 6.07) is 13.1. The SMILES string of the molecule is CC(=O)c1ccc(C)cc1OCc1ccccc1Cl. The third kappa shape index (κ3) is 3.36. The average Bonchev–Trinajstić information content (AvgIpc) is 2.37. The lowest BCUT2D eigenvalue weighted by Gasteiger charge is -2.11. The quantitative estimate of drug-likeness (QED) is 0.771. The van der Waals surface area contributed by atoms with Gasteiger partial charge in [-0.3, -0.25) is 4.79 Å². The fraction of sp³-hybridized carbons (Fsp3) is 0.188. The van der Waals surface area contributed by atoms with Crippen LogP contribution in [0.1, 0.15) is 28.4 Å². The van der Waals surface area contributed by atoms with Crippen molar-refractivity contribution in [3.63, 3.8) is 0 Å². The van der Waals surface area contributed by atoms with Gasteiger partial charge in [-0.05, 0) is 37.6 Å². The Morgan fingerprint density at radius 2 is 1.95 bits per heavy atom. The Labute approximate surface area is 118 Å². The van der Waals surface area contributed by atoms with Crippen LogP contribution in [0.2, 0.25) is 5.02 Å². The number of hydrogen-bond donors (Lipinski definition) is 0. The Hall–Kier alpha value is -1.80.